The Kier molecular flexibility index (Phi) is 18.4. The molecular formula is C55H59NNaO20. The topological polar surface area (TPSA) is 308 Å². The van der Waals surface area contributed by atoms with Crippen molar-refractivity contribution in [2.45, 2.75) is 134 Å². The molecule has 1 heterocycles. The van der Waals surface area contributed by atoms with Gasteiger partial charge in [-0.2, -0.15) is 0 Å². The number of aliphatic hydroxyl groups is 1. The Morgan fingerprint density at radius 1 is 0.727 bits per heavy atom. The van der Waals surface area contributed by atoms with Crippen LogP contribution in [0.1, 0.15) is 112 Å². The number of amides is 1. The predicted octanol–water partition coefficient (Wildman–Crippen LogP) is 4.19. The number of benzene rings is 3. The minimum atomic E-state index is -2.63. The SMILES string of the molecule is CC(=O)O[C@H]1C(=O)[C@@]2(C)C(C(OC(=O)c3ccccc3)[C@]3(O)CC(OC(=O)[C@H](OC(=O)CCC(=O)O)C(NC(=O)c4ccccc4)c4ccccc4)C(C)=C1C3(C)C)C1(OC(C)=O)COC1C[C@@H]2OC(=O)CCC(=O)O.[Na]. The number of carboxylic acid groups (broad SMARTS) is 2. The molecule has 2 bridgehead atoms. The van der Waals surface area contributed by atoms with E-state index >= 15 is 9.59 Å². The van der Waals surface area contributed by atoms with Crippen LogP contribution in [-0.4, -0.2) is 159 Å². The summed E-state index contributed by atoms with van der Waals surface area (Å²) in [6, 6.07) is 21.6. The largest absolute Gasteiger partial charge is 0.481 e. The maximum atomic E-state index is 16.2. The first-order chi connectivity index (χ1) is 35.8. The molecular weight excluding hydrogens is 1020 g/mol. The normalized spacial score (nSPS) is 27.5. The molecule has 1 amide bonds. The van der Waals surface area contributed by atoms with E-state index in [4.69, 9.17) is 33.2 Å². The number of ether oxygens (including phenoxy) is 7. The van der Waals surface area contributed by atoms with Crippen LogP contribution in [0.5, 0.6) is 0 Å². The van der Waals surface area contributed by atoms with Crippen molar-refractivity contribution in [1.29, 1.82) is 0 Å². The van der Waals surface area contributed by atoms with Gasteiger partial charge >= 0.3 is 47.8 Å². The van der Waals surface area contributed by atoms with Gasteiger partial charge in [-0.3, -0.25) is 38.4 Å². The summed E-state index contributed by atoms with van der Waals surface area (Å²) < 4.78 is 42.7. The first-order valence-corrected chi connectivity index (χ1v) is 24.5. The van der Waals surface area contributed by atoms with Crippen molar-refractivity contribution in [3.8, 4) is 0 Å². The summed E-state index contributed by atoms with van der Waals surface area (Å²) in [5.74, 6) is -12.8. The zero-order valence-corrected chi connectivity index (χ0v) is 45.5. The summed E-state index contributed by atoms with van der Waals surface area (Å²) in [6.07, 6.45) is -14.6. The van der Waals surface area contributed by atoms with Crippen molar-refractivity contribution < 1.29 is 96.4 Å². The van der Waals surface area contributed by atoms with Crippen molar-refractivity contribution >= 4 is 89.0 Å². The number of fused-ring (bicyclic) bond motifs is 5. The van der Waals surface area contributed by atoms with Crippen LogP contribution in [0, 0.1) is 16.7 Å². The minimum absolute atomic E-state index is 0. The Hall–Kier alpha value is -6.78. The molecule has 3 aromatic carbocycles. The van der Waals surface area contributed by atoms with Gasteiger partial charge in [0, 0.05) is 67.2 Å². The molecule has 3 fully saturated rings. The van der Waals surface area contributed by atoms with Crippen LogP contribution in [0.15, 0.2) is 102 Å². The summed E-state index contributed by atoms with van der Waals surface area (Å²) in [5.41, 5.74) is -8.62. The van der Waals surface area contributed by atoms with E-state index in [-0.39, 0.29) is 63.8 Å². The first kappa shape index (κ1) is 59.5. The first-order valence-electron chi connectivity index (χ1n) is 24.5. The van der Waals surface area contributed by atoms with Crippen LogP contribution in [0.3, 0.4) is 0 Å². The van der Waals surface area contributed by atoms with Crippen LogP contribution in [-0.2, 0) is 71.5 Å². The summed E-state index contributed by atoms with van der Waals surface area (Å²) in [4.78, 5) is 137. The van der Waals surface area contributed by atoms with Crippen molar-refractivity contribution in [3.63, 3.8) is 0 Å². The van der Waals surface area contributed by atoms with Crippen LogP contribution >= 0.6 is 0 Å². The summed E-state index contributed by atoms with van der Waals surface area (Å²) in [6.45, 7) is 7.28. The number of Topliss-reactive ketones (excluding diaryl/α,β-unsaturated/α-hetero) is 1. The Bertz CT molecular complexity index is 2820. The van der Waals surface area contributed by atoms with Crippen LogP contribution in [0.25, 0.3) is 0 Å². The molecule has 3 aliphatic carbocycles. The zero-order valence-electron chi connectivity index (χ0n) is 43.5. The number of carbonyl (C=O) groups excluding carboxylic acids is 8. The summed E-state index contributed by atoms with van der Waals surface area (Å²) >= 11 is 0. The third-order valence-corrected chi connectivity index (χ3v) is 15.0. The number of nitrogens with one attached hydrogen (secondary N) is 1. The Balaban J connectivity index is 0.00000961. The number of hydrogen-bond acceptors (Lipinski definition) is 18. The van der Waals surface area contributed by atoms with Crippen molar-refractivity contribution in [3.05, 3.63) is 119 Å². The molecule has 21 nitrogen and oxygen atoms in total. The van der Waals surface area contributed by atoms with Crippen LogP contribution in [0.2, 0.25) is 0 Å². The third-order valence-electron chi connectivity index (χ3n) is 15.0. The van der Waals surface area contributed by atoms with E-state index in [2.05, 4.69) is 5.32 Å². The predicted molar refractivity (Wildman–Crippen MR) is 265 cm³/mol. The summed E-state index contributed by atoms with van der Waals surface area (Å²) in [5, 5.41) is 35.7. The van der Waals surface area contributed by atoms with Gasteiger partial charge in [-0.25, -0.2) is 9.59 Å². The molecule has 4 N–H and O–H groups in total. The number of hydrogen-bond donors (Lipinski definition) is 4. The molecule has 6 unspecified atom stereocenters. The minimum Gasteiger partial charge on any atom is -0.481 e. The van der Waals surface area contributed by atoms with Crippen LogP contribution < -0.4 is 5.32 Å². The van der Waals surface area contributed by atoms with E-state index in [1.165, 1.54) is 76.2 Å². The number of esters is 6. The van der Waals surface area contributed by atoms with Gasteiger partial charge in [-0.05, 0) is 54.8 Å². The number of carbonyl (C=O) groups is 10. The second-order valence-corrected chi connectivity index (χ2v) is 20.1. The van der Waals surface area contributed by atoms with Gasteiger partial charge in [0.05, 0.1) is 49.2 Å². The average Bonchev–Trinajstić information content (AvgIpc) is 3.37. The fraction of sp³-hybridized carbons (Fsp3) is 0.455. The van der Waals surface area contributed by atoms with Gasteiger partial charge in [0.15, 0.2) is 17.5 Å². The van der Waals surface area contributed by atoms with E-state index in [9.17, 15) is 53.7 Å². The van der Waals surface area contributed by atoms with Gasteiger partial charge < -0.3 is 53.8 Å². The summed E-state index contributed by atoms with van der Waals surface area (Å²) in [7, 11) is 0. The average molecular weight is 1080 g/mol. The van der Waals surface area contributed by atoms with Gasteiger partial charge in [0.25, 0.3) is 5.91 Å². The molecule has 22 heteroatoms. The molecule has 4 aliphatic rings. The maximum absolute atomic E-state index is 16.2. The second-order valence-electron chi connectivity index (χ2n) is 20.1. The van der Waals surface area contributed by atoms with E-state index in [1.54, 1.807) is 42.5 Å². The molecule has 11 atom stereocenters. The standard InChI is InChI=1S/C55H59NO20.Na/c1-29-35(72-51(68)45(74-41(64)25-23-39(61)62)43(32-16-10-7-11-17-32)56-49(66)33-18-12-8-13-19-33)27-55(69)48(75-50(67)34-20-14-9-15-21-34)46-53(6,47(65)44(71-30(2)57)42(29)52(55,4)5)36(73-40(63)24-22-38(59)60)26-37-54(46,28-70-37)76-31(3)58;/h7-21,35-37,43-46,48,69H,22-28H2,1-6H3,(H,56,66)(H,59,60)(H,61,62);/t35?,36-,37?,43?,44+,45+,46?,48?,53+,54?,55+;/m0./s1. The second kappa shape index (κ2) is 23.9. The quantitative estimate of drug-likeness (QED) is 0.0601. The van der Waals surface area contributed by atoms with E-state index in [0.717, 1.165) is 13.8 Å². The van der Waals surface area contributed by atoms with E-state index < -0.39 is 169 Å². The fourth-order valence-electron chi connectivity index (χ4n) is 11.3. The molecule has 1 saturated heterocycles. The van der Waals surface area contributed by atoms with E-state index in [0.29, 0.717) is 0 Å². The van der Waals surface area contributed by atoms with Gasteiger partial charge in [-0.15, -0.1) is 0 Å². The van der Waals surface area contributed by atoms with Crippen molar-refractivity contribution in [2.75, 3.05) is 6.61 Å². The number of carboxylic acids is 2. The Labute approximate surface area is 464 Å². The maximum Gasteiger partial charge on any atom is 0.350 e. The molecule has 7 rings (SSSR count). The molecule has 3 aromatic rings. The van der Waals surface area contributed by atoms with E-state index in [1.807, 2.05) is 0 Å². The molecule has 1 radical (unpaired) electrons. The molecule has 0 spiro atoms. The van der Waals surface area contributed by atoms with Gasteiger partial charge in [0.2, 0.25) is 6.10 Å². The van der Waals surface area contributed by atoms with Crippen molar-refractivity contribution in [1.82, 2.24) is 5.32 Å². The number of rotatable bonds is 18. The molecule has 1 aliphatic heterocycles. The zero-order chi connectivity index (χ0) is 55.5. The number of aliphatic carboxylic acids is 2. The Morgan fingerprint density at radius 3 is 1.82 bits per heavy atom. The molecule has 77 heavy (non-hydrogen) atoms. The number of ketones is 1. The molecule has 405 valence electrons. The van der Waals surface area contributed by atoms with Crippen molar-refractivity contribution in [2.24, 2.45) is 16.7 Å². The smallest absolute Gasteiger partial charge is 0.350 e. The van der Waals surface area contributed by atoms with Gasteiger partial charge in [-0.1, -0.05) is 80.6 Å². The Morgan fingerprint density at radius 2 is 1.29 bits per heavy atom. The van der Waals surface area contributed by atoms with Gasteiger partial charge in [0.1, 0.15) is 36.1 Å². The monoisotopic (exact) mass is 1080 g/mol. The third kappa shape index (κ3) is 11.9. The molecule has 0 aromatic heterocycles. The van der Waals surface area contributed by atoms with Crippen LogP contribution in [0.4, 0.5) is 0 Å². The fourth-order valence-corrected chi connectivity index (χ4v) is 11.3. The molecule has 2 saturated carbocycles.